The Balaban J connectivity index is 1.42. The number of carbonyl (C=O) groups excluding carboxylic acids is 3. The molecule has 0 fully saturated rings. The summed E-state index contributed by atoms with van der Waals surface area (Å²) < 4.78 is 31.7. The minimum Gasteiger partial charge on any atom is -0.456 e. The highest BCUT2D eigenvalue weighted by atomic mass is 19.1. The molecule has 0 saturated heterocycles. The molecule has 156 valence electrons. The Morgan fingerprint density at radius 2 is 1.70 bits per heavy atom. The van der Waals surface area contributed by atoms with Crippen LogP contribution in [0.1, 0.15) is 24.8 Å². The van der Waals surface area contributed by atoms with Crippen molar-refractivity contribution in [2.24, 2.45) is 5.10 Å². The Hall–Kier alpha value is -3.62. The molecule has 0 atom stereocenters. The Morgan fingerprint density at radius 1 is 1.00 bits per heavy atom. The van der Waals surface area contributed by atoms with Crippen LogP contribution in [0.25, 0.3) is 0 Å². The minimum atomic E-state index is -0.943. The number of para-hydroxylation sites is 1. The van der Waals surface area contributed by atoms with Crippen LogP contribution in [-0.4, -0.2) is 41.7 Å². The van der Waals surface area contributed by atoms with E-state index in [9.17, 15) is 23.2 Å². The average Bonchev–Trinajstić information content (AvgIpc) is 3.24. The van der Waals surface area contributed by atoms with E-state index in [2.05, 4.69) is 5.10 Å². The summed E-state index contributed by atoms with van der Waals surface area (Å²) in [5.74, 6) is -3.90. The van der Waals surface area contributed by atoms with Gasteiger partial charge in [-0.05, 0) is 17.7 Å². The van der Waals surface area contributed by atoms with E-state index in [-0.39, 0.29) is 18.7 Å². The monoisotopic (exact) mass is 415 g/mol. The second kappa shape index (κ2) is 9.73. The molecule has 0 saturated carbocycles. The minimum absolute atomic E-state index is 0.131. The smallest absolute Gasteiger partial charge is 0.306 e. The predicted octanol–water partition coefficient (Wildman–Crippen LogP) is 2.86. The molecule has 1 heterocycles. The predicted molar refractivity (Wildman–Crippen MR) is 104 cm³/mol. The van der Waals surface area contributed by atoms with Crippen molar-refractivity contribution in [3.05, 3.63) is 65.7 Å². The second-order valence-corrected chi connectivity index (χ2v) is 6.49. The molecule has 0 unspecified atom stereocenters. The fourth-order valence-corrected chi connectivity index (χ4v) is 2.82. The first-order chi connectivity index (χ1) is 14.4. The number of hydrogen-bond donors (Lipinski definition) is 1. The van der Waals surface area contributed by atoms with Crippen molar-refractivity contribution in [1.29, 1.82) is 0 Å². The number of hydrazone groups is 1. The first kappa shape index (κ1) is 21.1. The normalized spacial score (nSPS) is 13.0. The molecule has 0 aliphatic carbocycles. The van der Waals surface area contributed by atoms with Gasteiger partial charge in [0.2, 0.25) is 5.91 Å². The number of anilines is 1. The third kappa shape index (κ3) is 5.47. The number of benzene rings is 2. The van der Waals surface area contributed by atoms with Gasteiger partial charge >= 0.3 is 5.97 Å². The fourth-order valence-electron chi connectivity index (χ4n) is 2.82. The maximum atomic E-state index is 13.5. The number of rotatable bonds is 7. The molecule has 0 spiro atoms. The number of amides is 2. The number of halogens is 2. The molecular weight excluding hydrogens is 396 g/mol. The van der Waals surface area contributed by atoms with Crippen LogP contribution in [0.4, 0.5) is 14.5 Å². The highest BCUT2D eigenvalue weighted by Crippen LogP contribution is 2.18. The summed E-state index contributed by atoms with van der Waals surface area (Å²) in [5.41, 5.74) is 1.11. The molecule has 3 rings (SSSR count). The zero-order chi connectivity index (χ0) is 21.5. The maximum absolute atomic E-state index is 13.5. The van der Waals surface area contributed by atoms with E-state index in [0.29, 0.717) is 13.0 Å². The summed E-state index contributed by atoms with van der Waals surface area (Å²) >= 11 is 0. The quantitative estimate of drug-likeness (QED) is 0.705. The summed E-state index contributed by atoms with van der Waals surface area (Å²) in [4.78, 5) is 35.7. The summed E-state index contributed by atoms with van der Waals surface area (Å²) in [6.07, 6.45) is 0.244. The van der Waals surface area contributed by atoms with Crippen LogP contribution in [0, 0.1) is 11.6 Å². The van der Waals surface area contributed by atoms with Gasteiger partial charge in [0.1, 0.15) is 17.3 Å². The first-order valence-corrected chi connectivity index (χ1v) is 9.27. The Morgan fingerprint density at radius 3 is 2.40 bits per heavy atom. The Kier molecular flexibility index (Phi) is 6.84. The molecule has 9 heteroatoms. The molecule has 0 aromatic heterocycles. The third-order valence-electron chi connectivity index (χ3n) is 4.33. The van der Waals surface area contributed by atoms with E-state index < -0.39 is 35.8 Å². The lowest BCUT2D eigenvalue weighted by Crippen LogP contribution is -2.25. The lowest BCUT2D eigenvalue weighted by Gasteiger charge is -2.11. The maximum Gasteiger partial charge on any atom is 0.306 e. The van der Waals surface area contributed by atoms with Crippen LogP contribution in [0.5, 0.6) is 0 Å². The van der Waals surface area contributed by atoms with E-state index in [4.69, 9.17) is 4.74 Å². The van der Waals surface area contributed by atoms with Crippen molar-refractivity contribution in [2.75, 3.05) is 18.5 Å². The molecule has 2 aromatic rings. The van der Waals surface area contributed by atoms with Crippen LogP contribution in [-0.2, 0) is 19.1 Å². The molecule has 2 amide bonds. The molecule has 2 aromatic carbocycles. The van der Waals surface area contributed by atoms with Crippen LogP contribution in [0.3, 0.4) is 0 Å². The number of carbonyl (C=O) groups is 3. The van der Waals surface area contributed by atoms with Gasteiger partial charge in [-0.1, -0.05) is 36.4 Å². The molecule has 30 heavy (non-hydrogen) atoms. The van der Waals surface area contributed by atoms with Gasteiger partial charge in [0, 0.05) is 12.8 Å². The highest BCUT2D eigenvalue weighted by Gasteiger charge is 2.22. The van der Waals surface area contributed by atoms with Gasteiger partial charge in [-0.2, -0.15) is 5.10 Å². The molecule has 7 nitrogen and oxygen atoms in total. The molecule has 0 bridgehead atoms. The van der Waals surface area contributed by atoms with Crippen molar-refractivity contribution in [3.63, 3.8) is 0 Å². The van der Waals surface area contributed by atoms with E-state index in [0.717, 1.165) is 29.5 Å². The van der Waals surface area contributed by atoms with E-state index >= 15 is 0 Å². The van der Waals surface area contributed by atoms with Gasteiger partial charge in [0.15, 0.2) is 6.61 Å². The van der Waals surface area contributed by atoms with Crippen LogP contribution in [0.15, 0.2) is 53.6 Å². The molecule has 1 N–H and O–H groups in total. The third-order valence-corrected chi connectivity index (χ3v) is 4.33. The van der Waals surface area contributed by atoms with E-state index in [1.54, 1.807) is 0 Å². The SMILES string of the molecule is O=C(COC(=O)CCC(=O)N1CCC(c2ccccc2)=N1)Nc1c(F)cccc1F. The zero-order valence-corrected chi connectivity index (χ0v) is 15.9. The van der Waals surface area contributed by atoms with Gasteiger partial charge in [0.25, 0.3) is 5.91 Å². The first-order valence-electron chi connectivity index (χ1n) is 9.27. The van der Waals surface area contributed by atoms with Gasteiger partial charge in [-0.25, -0.2) is 13.8 Å². The van der Waals surface area contributed by atoms with Gasteiger partial charge in [-0.15, -0.1) is 0 Å². The Bertz CT molecular complexity index is 959. The molecular formula is C21H19F2N3O4. The van der Waals surface area contributed by atoms with Gasteiger partial charge in [-0.3, -0.25) is 14.4 Å². The number of ether oxygens (including phenoxy) is 1. The molecule has 1 aliphatic rings. The molecule has 1 aliphatic heterocycles. The van der Waals surface area contributed by atoms with Crippen molar-refractivity contribution < 1.29 is 27.9 Å². The van der Waals surface area contributed by atoms with Crippen molar-refractivity contribution in [1.82, 2.24) is 5.01 Å². The standard InChI is InChI=1S/C21H19F2N3O4/c22-15-7-4-8-16(23)21(15)24-18(27)13-30-20(29)10-9-19(28)26-12-11-17(25-26)14-5-2-1-3-6-14/h1-8H,9-13H2,(H,24,27). The summed E-state index contributed by atoms with van der Waals surface area (Å²) in [5, 5.41) is 7.60. The van der Waals surface area contributed by atoms with E-state index in [1.165, 1.54) is 5.01 Å². The second-order valence-electron chi connectivity index (χ2n) is 6.49. The number of nitrogens with zero attached hydrogens (tertiary/aromatic N) is 2. The summed E-state index contributed by atoms with van der Waals surface area (Å²) in [6.45, 7) is -0.296. The Labute approximate surface area is 171 Å². The lowest BCUT2D eigenvalue weighted by atomic mass is 10.1. The zero-order valence-electron chi connectivity index (χ0n) is 15.9. The largest absolute Gasteiger partial charge is 0.456 e. The van der Waals surface area contributed by atoms with Crippen LogP contribution in [0.2, 0.25) is 0 Å². The van der Waals surface area contributed by atoms with Crippen LogP contribution < -0.4 is 5.32 Å². The van der Waals surface area contributed by atoms with E-state index in [1.807, 2.05) is 35.6 Å². The highest BCUT2D eigenvalue weighted by molar-refractivity contribution is 6.02. The molecule has 0 radical (unpaired) electrons. The van der Waals surface area contributed by atoms with Crippen molar-refractivity contribution in [3.8, 4) is 0 Å². The number of nitrogens with one attached hydrogen (secondary N) is 1. The fraction of sp³-hybridized carbons (Fsp3) is 0.238. The van der Waals surface area contributed by atoms with Crippen LogP contribution >= 0.6 is 0 Å². The number of esters is 1. The lowest BCUT2D eigenvalue weighted by molar-refractivity contribution is -0.148. The summed E-state index contributed by atoms with van der Waals surface area (Å²) in [6, 6.07) is 12.6. The van der Waals surface area contributed by atoms with Gasteiger partial charge in [0.05, 0.1) is 18.7 Å². The van der Waals surface area contributed by atoms with Gasteiger partial charge < -0.3 is 10.1 Å². The topological polar surface area (TPSA) is 88.1 Å². The average molecular weight is 415 g/mol. The summed E-state index contributed by atoms with van der Waals surface area (Å²) in [7, 11) is 0. The number of hydrogen-bond acceptors (Lipinski definition) is 5. The van der Waals surface area contributed by atoms with Crippen molar-refractivity contribution >= 4 is 29.2 Å². The van der Waals surface area contributed by atoms with Crippen molar-refractivity contribution in [2.45, 2.75) is 19.3 Å².